The van der Waals surface area contributed by atoms with Crippen molar-refractivity contribution >= 4 is 23.6 Å². The van der Waals surface area contributed by atoms with E-state index in [1.807, 2.05) is 75.3 Å². The largest absolute Gasteiger partial charge is 0.443 e. The standard InChI is InChI=1S/C21H20N4OS/c1-14-11-19(15(2)10-18(14)23-13-25(3)4)26-21-17(12-22)20(24-27-21)16-8-6-5-7-9-16/h5-11,13H,1-4H3. The molecule has 3 aromatic rings. The minimum Gasteiger partial charge on any atom is -0.443 e. The van der Waals surface area contributed by atoms with Crippen molar-refractivity contribution in [1.29, 1.82) is 5.26 Å². The Bertz CT molecular complexity index is 1020. The number of nitrogens with zero attached hydrogens (tertiary/aromatic N) is 4. The van der Waals surface area contributed by atoms with Crippen LogP contribution >= 0.6 is 11.5 Å². The molecule has 0 bridgehead atoms. The molecule has 0 N–H and O–H groups in total. The van der Waals surface area contributed by atoms with Gasteiger partial charge in [0.2, 0.25) is 5.06 Å². The molecule has 27 heavy (non-hydrogen) atoms. The van der Waals surface area contributed by atoms with E-state index in [1.54, 1.807) is 6.34 Å². The summed E-state index contributed by atoms with van der Waals surface area (Å²) in [7, 11) is 3.86. The highest BCUT2D eigenvalue weighted by molar-refractivity contribution is 7.08. The fourth-order valence-corrected chi connectivity index (χ4v) is 3.27. The first-order valence-corrected chi connectivity index (χ1v) is 9.22. The van der Waals surface area contributed by atoms with Gasteiger partial charge >= 0.3 is 0 Å². The predicted octanol–water partition coefficient (Wildman–Crippen LogP) is 5.31. The zero-order chi connectivity index (χ0) is 19.4. The molecule has 0 saturated heterocycles. The zero-order valence-electron chi connectivity index (χ0n) is 15.7. The number of aromatic nitrogens is 1. The quantitative estimate of drug-likeness (QED) is 0.447. The molecule has 3 rings (SSSR count). The van der Waals surface area contributed by atoms with Crippen LogP contribution in [0.2, 0.25) is 0 Å². The van der Waals surface area contributed by atoms with Crippen LogP contribution < -0.4 is 4.74 Å². The topological polar surface area (TPSA) is 61.5 Å². The lowest BCUT2D eigenvalue weighted by molar-refractivity contribution is 0.491. The Morgan fingerprint density at radius 3 is 2.56 bits per heavy atom. The third-order valence-corrected chi connectivity index (χ3v) is 4.67. The van der Waals surface area contributed by atoms with Crippen LogP contribution in [0.1, 0.15) is 16.7 Å². The van der Waals surface area contributed by atoms with E-state index in [-0.39, 0.29) is 0 Å². The summed E-state index contributed by atoms with van der Waals surface area (Å²) in [5, 5.41) is 10.1. The smallest absolute Gasteiger partial charge is 0.218 e. The Morgan fingerprint density at radius 1 is 1.15 bits per heavy atom. The first-order chi connectivity index (χ1) is 13.0. The Balaban J connectivity index is 1.94. The highest BCUT2D eigenvalue weighted by atomic mass is 32.1. The van der Waals surface area contributed by atoms with E-state index < -0.39 is 0 Å². The van der Waals surface area contributed by atoms with E-state index in [2.05, 4.69) is 15.4 Å². The average Bonchev–Trinajstić information content (AvgIpc) is 3.06. The average molecular weight is 376 g/mol. The monoisotopic (exact) mass is 376 g/mol. The SMILES string of the molecule is Cc1cc(Oc2snc(-c3ccccc3)c2C#N)c(C)cc1N=CN(C)C. The molecule has 0 aliphatic heterocycles. The van der Waals surface area contributed by atoms with Crippen molar-refractivity contribution in [1.82, 2.24) is 9.27 Å². The molecule has 136 valence electrons. The lowest BCUT2D eigenvalue weighted by atomic mass is 10.1. The maximum absolute atomic E-state index is 9.63. The molecule has 1 aromatic heterocycles. The van der Waals surface area contributed by atoms with Gasteiger partial charge in [-0.1, -0.05) is 30.3 Å². The molecule has 0 spiro atoms. The Labute approximate surface area is 163 Å². The molecule has 0 unspecified atom stereocenters. The zero-order valence-corrected chi connectivity index (χ0v) is 16.5. The van der Waals surface area contributed by atoms with Crippen molar-refractivity contribution in [3.63, 3.8) is 0 Å². The van der Waals surface area contributed by atoms with E-state index in [0.717, 1.165) is 22.4 Å². The van der Waals surface area contributed by atoms with Gasteiger partial charge in [-0.15, -0.1) is 0 Å². The van der Waals surface area contributed by atoms with E-state index in [1.165, 1.54) is 11.5 Å². The molecule has 5 nitrogen and oxygen atoms in total. The minimum atomic E-state index is 0.456. The molecular weight excluding hydrogens is 356 g/mol. The predicted molar refractivity (Wildman–Crippen MR) is 110 cm³/mol. The van der Waals surface area contributed by atoms with Crippen LogP contribution in [0.5, 0.6) is 10.8 Å². The number of benzene rings is 2. The molecule has 6 heteroatoms. The summed E-state index contributed by atoms with van der Waals surface area (Å²) in [5.74, 6) is 0.705. The van der Waals surface area contributed by atoms with Gasteiger partial charge in [-0.2, -0.15) is 9.64 Å². The molecule has 2 aromatic carbocycles. The molecule has 0 atom stereocenters. The van der Waals surface area contributed by atoms with Gasteiger partial charge in [0.15, 0.2) is 0 Å². The van der Waals surface area contributed by atoms with Crippen molar-refractivity contribution in [2.45, 2.75) is 13.8 Å². The van der Waals surface area contributed by atoms with Crippen LogP contribution in [0.25, 0.3) is 11.3 Å². The van der Waals surface area contributed by atoms with Gasteiger partial charge in [0, 0.05) is 31.2 Å². The Hall–Kier alpha value is -3.17. The molecule has 0 saturated carbocycles. The van der Waals surface area contributed by atoms with Crippen molar-refractivity contribution in [2.24, 2.45) is 4.99 Å². The second kappa shape index (κ2) is 8.02. The van der Waals surface area contributed by atoms with Crippen LogP contribution in [-0.2, 0) is 0 Å². The van der Waals surface area contributed by atoms with Crippen molar-refractivity contribution in [3.8, 4) is 28.1 Å². The number of rotatable bonds is 5. The number of aliphatic imine (C=N–C) groups is 1. The molecule has 0 radical (unpaired) electrons. The van der Waals surface area contributed by atoms with Crippen molar-refractivity contribution in [3.05, 3.63) is 59.2 Å². The first kappa shape index (κ1) is 18.6. The summed E-state index contributed by atoms with van der Waals surface area (Å²) >= 11 is 1.19. The van der Waals surface area contributed by atoms with Crippen LogP contribution in [0.15, 0.2) is 47.5 Å². The normalized spacial score (nSPS) is 10.8. The van der Waals surface area contributed by atoms with Gasteiger partial charge in [-0.25, -0.2) is 4.99 Å². The maximum Gasteiger partial charge on any atom is 0.218 e. The number of nitriles is 1. The van der Waals surface area contributed by atoms with Gasteiger partial charge in [0.25, 0.3) is 0 Å². The highest BCUT2D eigenvalue weighted by Crippen LogP contribution is 2.38. The third kappa shape index (κ3) is 4.15. The second-order valence-corrected chi connectivity index (χ2v) is 7.12. The second-order valence-electron chi connectivity index (χ2n) is 6.39. The number of hydrogen-bond acceptors (Lipinski definition) is 5. The highest BCUT2D eigenvalue weighted by Gasteiger charge is 2.18. The van der Waals surface area contributed by atoms with Crippen molar-refractivity contribution in [2.75, 3.05) is 14.1 Å². The van der Waals surface area contributed by atoms with Gasteiger partial charge in [-0.3, -0.25) is 0 Å². The molecular formula is C21H20N4OS. The third-order valence-electron chi connectivity index (χ3n) is 3.94. The van der Waals surface area contributed by atoms with Gasteiger partial charge in [0.1, 0.15) is 23.1 Å². The van der Waals surface area contributed by atoms with E-state index in [4.69, 9.17) is 4.74 Å². The summed E-state index contributed by atoms with van der Waals surface area (Å²) in [6.07, 6.45) is 1.77. The maximum atomic E-state index is 9.63. The lowest BCUT2D eigenvalue weighted by Crippen LogP contribution is -2.07. The van der Waals surface area contributed by atoms with E-state index >= 15 is 0 Å². The van der Waals surface area contributed by atoms with Gasteiger partial charge in [0.05, 0.1) is 12.0 Å². The summed E-state index contributed by atoms with van der Waals surface area (Å²) < 4.78 is 10.5. The summed E-state index contributed by atoms with van der Waals surface area (Å²) in [6, 6.07) is 15.8. The molecule has 1 heterocycles. The Morgan fingerprint density at radius 2 is 1.89 bits per heavy atom. The van der Waals surface area contributed by atoms with Crippen LogP contribution in [0.3, 0.4) is 0 Å². The minimum absolute atomic E-state index is 0.456. The van der Waals surface area contributed by atoms with Gasteiger partial charge < -0.3 is 9.64 Å². The van der Waals surface area contributed by atoms with Crippen LogP contribution in [0, 0.1) is 25.2 Å². The summed E-state index contributed by atoms with van der Waals surface area (Å²) in [6.45, 7) is 3.95. The number of aryl methyl sites for hydroxylation is 2. The van der Waals surface area contributed by atoms with Crippen LogP contribution in [-0.4, -0.2) is 29.7 Å². The molecule has 0 aliphatic rings. The van der Waals surface area contributed by atoms with Gasteiger partial charge in [-0.05, 0) is 37.1 Å². The number of hydrogen-bond donors (Lipinski definition) is 0. The fraction of sp³-hybridized carbons (Fsp3) is 0.190. The molecule has 0 fully saturated rings. The molecule has 0 aliphatic carbocycles. The fourth-order valence-electron chi connectivity index (χ4n) is 2.54. The van der Waals surface area contributed by atoms with Crippen LogP contribution in [0.4, 0.5) is 5.69 Å². The summed E-state index contributed by atoms with van der Waals surface area (Å²) in [4.78, 5) is 6.36. The first-order valence-electron chi connectivity index (χ1n) is 8.44. The van der Waals surface area contributed by atoms with E-state index in [0.29, 0.717) is 22.1 Å². The van der Waals surface area contributed by atoms with E-state index in [9.17, 15) is 5.26 Å². The number of ether oxygens (including phenoxy) is 1. The van der Waals surface area contributed by atoms with Crippen molar-refractivity contribution < 1.29 is 4.74 Å². The Kier molecular flexibility index (Phi) is 5.53. The molecule has 0 amide bonds. The lowest BCUT2D eigenvalue weighted by Gasteiger charge is -2.11. The summed E-state index contributed by atoms with van der Waals surface area (Å²) in [5.41, 5.74) is 4.85.